The predicted octanol–water partition coefficient (Wildman–Crippen LogP) is 2.23. The van der Waals surface area contributed by atoms with Crippen molar-refractivity contribution in [1.29, 1.82) is 0 Å². The molecule has 1 aromatic heterocycles. The van der Waals surface area contributed by atoms with Crippen molar-refractivity contribution >= 4 is 39.3 Å². The molecule has 0 aliphatic heterocycles. The second-order valence-corrected chi connectivity index (χ2v) is 6.72. The number of carbonyl (C=O) groups excluding carboxylic acids is 3. The second kappa shape index (κ2) is 8.91. The van der Waals surface area contributed by atoms with Crippen LogP contribution in [-0.2, 0) is 20.7 Å². The highest BCUT2D eigenvalue weighted by Crippen LogP contribution is 2.22. The smallest absolute Gasteiger partial charge is 0.306 e. The van der Waals surface area contributed by atoms with Crippen molar-refractivity contribution in [2.75, 3.05) is 6.61 Å². The quantitative estimate of drug-likeness (QED) is 0.503. The summed E-state index contributed by atoms with van der Waals surface area (Å²) < 4.78 is 5.98. The van der Waals surface area contributed by atoms with Gasteiger partial charge in [0.1, 0.15) is 0 Å². The molecule has 2 aromatic carbocycles. The first kappa shape index (κ1) is 18.5. The predicted molar refractivity (Wildman–Crippen MR) is 101 cm³/mol. The Labute approximate surface area is 159 Å². The average molecular weight is 383 g/mol. The molecule has 1 heterocycles. The minimum absolute atomic E-state index is 0.128. The number of carbonyl (C=O) groups is 3. The molecule has 0 aliphatic carbocycles. The van der Waals surface area contributed by atoms with Crippen molar-refractivity contribution in [2.24, 2.45) is 0 Å². The van der Waals surface area contributed by atoms with E-state index in [4.69, 9.17) is 4.74 Å². The number of fused-ring (bicyclic) bond motifs is 1. The molecule has 0 bridgehead atoms. The highest BCUT2D eigenvalue weighted by molar-refractivity contribution is 7.18. The fourth-order valence-electron chi connectivity index (χ4n) is 2.28. The van der Waals surface area contributed by atoms with Gasteiger partial charge in [-0.3, -0.25) is 25.2 Å². The van der Waals surface area contributed by atoms with E-state index in [1.807, 2.05) is 24.3 Å². The first-order valence-corrected chi connectivity index (χ1v) is 9.08. The van der Waals surface area contributed by atoms with Crippen LogP contribution in [0, 0.1) is 0 Å². The Morgan fingerprint density at radius 2 is 1.70 bits per heavy atom. The highest BCUT2D eigenvalue weighted by Gasteiger charge is 2.11. The molecule has 3 aromatic rings. The summed E-state index contributed by atoms with van der Waals surface area (Å²) in [5.74, 6) is -1.57. The maximum atomic E-state index is 11.8. The number of nitrogens with zero attached hydrogens (tertiary/aromatic N) is 1. The van der Waals surface area contributed by atoms with Gasteiger partial charge in [0.2, 0.25) is 0 Å². The van der Waals surface area contributed by atoms with Gasteiger partial charge in [0.15, 0.2) is 6.61 Å². The number of para-hydroxylation sites is 1. The lowest BCUT2D eigenvalue weighted by molar-refractivity contribution is -0.148. The lowest BCUT2D eigenvalue weighted by Gasteiger charge is -2.08. The van der Waals surface area contributed by atoms with Crippen LogP contribution in [0.2, 0.25) is 0 Å². The highest BCUT2D eigenvalue weighted by atomic mass is 32.1. The lowest BCUT2D eigenvalue weighted by atomic mass is 10.2. The van der Waals surface area contributed by atoms with E-state index in [9.17, 15) is 14.4 Å². The Kier molecular flexibility index (Phi) is 6.11. The third-order valence-corrected chi connectivity index (χ3v) is 4.69. The van der Waals surface area contributed by atoms with Gasteiger partial charge in [-0.1, -0.05) is 30.3 Å². The maximum absolute atomic E-state index is 11.8. The molecule has 0 radical (unpaired) electrons. The largest absolute Gasteiger partial charge is 0.455 e. The van der Waals surface area contributed by atoms with Gasteiger partial charge >= 0.3 is 5.97 Å². The number of benzene rings is 2. The van der Waals surface area contributed by atoms with Crippen molar-refractivity contribution in [1.82, 2.24) is 15.8 Å². The lowest BCUT2D eigenvalue weighted by Crippen LogP contribution is -2.43. The van der Waals surface area contributed by atoms with Crippen molar-refractivity contribution in [3.8, 4) is 0 Å². The first-order valence-electron chi connectivity index (χ1n) is 8.26. The number of hydrazine groups is 1. The zero-order valence-electron chi connectivity index (χ0n) is 14.3. The molecule has 0 saturated heterocycles. The molecule has 2 amide bonds. The van der Waals surface area contributed by atoms with Gasteiger partial charge in [-0.25, -0.2) is 4.98 Å². The molecule has 0 saturated carbocycles. The molecule has 3 rings (SSSR count). The number of hydrogen-bond donors (Lipinski definition) is 2. The van der Waals surface area contributed by atoms with E-state index < -0.39 is 24.4 Å². The Bertz CT molecular complexity index is 923. The number of hydrogen-bond acceptors (Lipinski definition) is 6. The van der Waals surface area contributed by atoms with Gasteiger partial charge in [0, 0.05) is 12.0 Å². The Morgan fingerprint density at radius 1 is 0.963 bits per heavy atom. The second-order valence-electron chi connectivity index (χ2n) is 5.60. The Balaban J connectivity index is 1.37. The van der Waals surface area contributed by atoms with Crippen LogP contribution in [0.15, 0.2) is 54.6 Å². The number of rotatable bonds is 6. The summed E-state index contributed by atoms with van der Waals surface area (Å²) in [5.41, 5.74) is 5.77. The van der Waals surface area contributed by atoms with Gasteiger partial charge in [-0.05, 0) is 24.3 Å². The number of thiazole rings is 1. The fourth-order valence-corrected chi connectivity index (χ4v) is 3.25. The standard InChI is InChI=1S/C19H17N3O4S/c23-16(21-22-19(25)13-6-2-1-3-7-13)12-26-18(24)11-10-17-20-14-8-4-5-9-15(14)27-17/h1-9H,10-12H2,(H,21,23)(H,22,25). The Morgan fingerprint density at radius 3 is 2.48 bits per heavy atom. The van der Waals surface area contributed by atoms with Crippen LogP contribution in [0.1, 0.15) is 21.8 Å². The summed E-state index contributed by atoms with van der Waals surface area (Å²) in [6, 6.07) is 16.2. The molecular formula is C19H17N3O4S. The zero-order chi connectivity index (χ0) is 19.1. The summed E-state index contributed by atoms with van der Waals surface area (Å²) in [6.07, 6.45) is 0.577. The van der Waals surface area contributed by atoms with Gasteiger partial charge in [-0.2, -0.15) is 0 Å². The molecule has 0 atom stereocenters. The van der Waals surface area contributed by atoms with E-state index in [0.717, 1.165) is 15.2 Å². The summed E-state index contributed by atoms with van der Waals surface area (Å²) in [4.78, 5) is 39.7. The van der Waals surface area contributed by atoms with Crippen molar-refractivity contribution in [3.63, 3.8) is 0 Å². The van der Waals surface area contributed by atoms with E-state index in [0.29, 0.717) is 12.0 Å². The van der Waals surface area contributed by atoms with Gasteiger partial charge < -0.3 is 4.74 Å². The summed E-state index contributed by atoms with van der Waals surface area (Å²) in [5, 5.41) is 0.840. The van der Waals surface area contributed by atoms with Crippen LogP contribution in [0.3, 0.4) is 0 Å². The summed E-state index contributed by atoms with van der Waals surface area (Å²) in [7, 11) is 0. The molecule has 138 valence electrons. The number of aromatic nitrogens is 1. The van der Waals surface area contributed by atoms with Crippen LogP contribution < -0.4 is 10.9 Å². The minimum atomic E-state index is -0.618. The van der Waals surface area contributed by atoms with E-state index in [2.05, 4.69) is 15.8 Å². The third-order valence-electron chi connectivity index (χ3n) is 3.60. The minimum Gasteiger partial charge on any atom is -0.455 e. The van der Waals surface area contributed by atoms with E-state index >= 15 is 0 Å². The number of aryl methyl sites for hydroxylation is 1. The van der Waals surface area contributed by atoms with Crippen molar-refractivity contribution < 1.29 is 19.1 Å². The monoisotopic (exact) mass is 383 g/mol. The molecule has 8 heteroatoms. The third kappa shape index (κ3) is 5.35. The Hall–Kier alpha value is -3.26. The van der Waals surface area contributed by atoms with Crippen LogP contribution >= 0.6 is 11.3 Å². The molecular weight excluding hydrogens is 366 g/mol. The van der Waals surface area contributed by atoms with E-state index in [1.165, 1.54) is 11.3 Å². The van der Waals surface area contributed by atoms with Gasteiger partial charge in [0.25, 0.3) is 11.8 Å². The van der Waals surface area contributed by atoms with E-state index in [-0.39, 0.29) is 6.42 Å². The average Bonchev–Trinajstić information content (AvgIpc) is 3.12. The van der Waals surface area contributed by atoms with Crippen LogP contribution in [-0.4, -0.2) is 29.4 Å². The molecule has 2 N–H and O–H groups in total. The number of ether oxygens (including phenoxy) is 1. The van der Waals surface area contributed by atoms with Gasteiger partial charge in [-0.15, -0.1) is 11.3 Å². The summed E-state index contributed by atoms with van der Waals surface area (Å²) in [6.45, 7) is -0.465. The molecule has 27 heavy (non-hydrogen) atoms. The van der Waals surface area contributed by atoms with Crippen LogP contribution in [0.5, 0.6) is 0 Å². The number of nitrogens with one attached hydrogen (secondary N) is 2. The number of amides is 2. The van der Waals surface area contributed by atoms with Crippen LogP contribution in [0.4, 0.5) is 0 Å². The molecule has 0 unspecified atom stereocenters. The normalized spacial score (nSPS) is 10.4. The van der Waals surface area contributed by atoms with E-state index in [1.54, 1.807) is 30.3 Å². The van der Waals surface area contributed by atoms with Crippen molar-refractivity contribution in [3.05, 3.63) is 65.2 Å². The fraction of sp³-hybridized carbons (Fsp3) is 0.158. The first-order chi connectivity index (χ1) is 13.1. The molecule has 0 spiro atoms. The van der Waals surface area contributed by atoms with Crippen LogP contribution in [0.25, 0.3) is 10.2 Å². The van der Waals surface area contributed by atoms with Gasteiger partial charge in [0.05, 0.1) is 21.6 Å². The molecule has 0 fully saturated rings. The van der Waals surface area contributed by atoms with Crippen molar-refractivity contribution in [2.45, 2.75) is 12.8 Å². The SMILES string of the molecule is O=C(COC(=O)CCc1nc2ccccc2s1)NNC(=O)c1ccccc1. The zero-order valence-corrected chi connectivity index (χ0v) is 15.1. The maximum Gasteiger partial charge on any atom is 0.306 e. The summed E-state index contributed by atoms with van der Waals surface area (Å²) >= 11 is 1.53. The number of esters is 1. The molecule has 7 nitrogen and oxygen atoms in total. The molecule has 0 aliphatic rings. The topological polar surface area (TPSA) is 97.4 Å².